The molecule has 0 fully saturated rings. The van der Waals surface area contributed by atoms with Crippen LogP contribution in [0.1, 0.15) is 48.0 Å². The van der Waals surface area contributed by atoms with Crippen molar-refractivity contribution in [3.63, 3.8) is 0 Å². The molecule has 0 heterocycles. The molecule has 0 aromatic heterocycles. The topological polar surface area (TPSA) is 15.3 Å². The summed E-state index contributed by atoms with van der Waals surface area (Å²) < 4.78 is 0. The Morgan fingerprint density at radius 3 is 2.06 bits per heavy atom. The average molecular weight is 228 g/mol. The molecule has 0 aliphatic rings. The zero-order valence-electron chi connectivity index (χ0n) is 12.4. The van der Waals surface area contributed by atoms with E-state index >= 15 is 0 Å². The smallest absolute Gasteiger partial charge is 0.0125 e. The molecular formula is C14H32N2. The van der Waals surface area contributed by atoms with E-state index in [-0.39, 0.29) is 0 Å². The molecule has 0 saturated carbocycles. The van der Waals surface area contributed by atoms with E-state index in [4.69, 9.17) is 0 Å². The molecule has 1 atom stereocenters. The number of hydrogen-bond acceptors (Lipinski definition) is 2. The molecule has 0 aliphatic heterocycles. The molecule has 16 heavy (non-hydrogen) atoms. The lowest BCUT2D eigenvalue weighted by Crippen LogP contribution is -2.41. The number of nitrogens with one attached hydrogen (secondary N) is 1. The van der Waals surface area contributed by atoms with Crippen LogP contribution in [0.4, 0.5) is 0 Å². The van der Waals surface area contributed by atoms with Gasteiger partial charge in [-0.1, -0.05) is 41.5 Å². The highest BCUT2D eigenvalue weighted by Gasteiger charge is 2.23. The van der Waals surface area contributed by atoms with E-state index in [0.29, 0.717) is 11.5 Å². The van der Waals surface area contributed by atoms with Gasteiger partial charge in [0.15, 0.2) is 0 Å². The van der Waals surface area contributed by atoms with Gasteiger partial charge in [-0.2, -0.15) is 0 Å². The predicted octanol–water partition coefficient (Wildman–Crippen LogP) is 2.99. The van der Waals surface area contributed by atoms with E-state index < -0.39 is 0 Å². The van der Waals surface area contributed by atoms with E-state index in [1.165, 1.54) is 26.1 Å². The average Bonchev–Trinajstić information content (AvgIpc) is 2.14. The lowest BCUT2D eigenvalue weighted by molar-refractivity contribution is 0.203. The van der Waals surface area contributed by atoms with Gasteiger partial charge in [-0.15, -0.1) is 0 Å². The summed E-state index contributed by atoms with van der Waals surface area (Å²) >= 11 is 0. The van der Waals surface area contributed by atoms with Crippen molar-refractivity contribution in [3.8, 4) is 0 Å². The molecule has 1 unspecified atom stereocenters. The monoisotopic (exact) mass is 228 g/mol. The van der Waals surface area contributed by atoms with Crippen LogP contribution < -0.4 is 5.32 Å². The first-order chi connectivity index (χ1) is 7.31. The molecular weight excluding hydrogens is 196 g/mol. The van der Waals surface area contributed by atoms with Crippen LogP contribution in [-0.4, -0.2) is 37.6 Å². The van der Waals surface area contributed by atoms with E-state index in [2.05, 4.69) is 58.8 Å². The first-order valence-electron chi connectivity index (χ1n) is 6.70. The van der Waals surface area contributed by atoms with Crippen LogP contribution in [0.25, 0.3) is 0 Å². The van der Waals surface area contributed by atoms with Crippen LogP contribution in [0.5, 0.6) is 0 Å². The fourth-order valence-corrected chi connectivity index (χ4v) is 2.22. The second-order valence-electron chi connectivity index (χ2n) is 6.28. The van der Waals surface area contributed by atoms with E-state index in [1.54, 1.807) is 0 Å². The Hall–Kier alpha value is -0.0800. The normalized spacial score (nSPS) is 14.8. The molecule has 0 radical (unpaired) electrons. The molecule has 1 N–H and O–H groups in total. The molecule has 0 aromatic rings. The minimum absolute atomic E-state index is 0.353. The summed E-state index contributed by atoms with van der Waals surface area (Å²) in [6.07, 6.45) is 1.24. The van der Waals surface area contributed by atoms with Crippen molar-refractivity contribution in [2.75, 3.05) is 26.7 Å². The maximum Gasteiger partial charge on any atom is 0.0125 e. The first-order valence-corrected chi connectivity index (χ1v) is 6.70. The molecule has 2 nitrogen and oxygen atoms in total. The Balaban J connectivity index is 4.08. The summed E-state index contributed by atoms with van der Waals surface area (Å²) in [5.74, 6) is 0.766. The van der Waals surface area contributed by atoms with Crippen LogP contribution in [0, 0.1) is 11.3 Å². The third-order valence-electron chi connectivity index (χ3n) is 3.20. The zero-order chi connectivity index (χ0) is 12.8. The maximum absolute atomic E-state index is 3.45. The highest BCUT2D eigenvalue weighted by Crippen LogP contribution is 2.21. The zero-order valence-corrected chi connectivity index (χ0v) is 12.4. The molecule has 0 aromatic carbocycles. The summed E-state index contributed by atoms with van der Waals surface area (Å²) in [5, 5.41) is 3.45. The van der Waals surface area contributed by atoms with Gasteiger partial charge in [0.2, 0.25) is 0 Å². The highest BCUT2D eigenvalue weighted by molar-refractivity contribution is 4.80. The van der Waals surface area contributed by atoms with Crippen molar-refractivity contribution < 1.29 is 0 Å². The van der Waals surface area contributed by atoms with Crippen LogP contribution in [0.3, 0.4) is 0 Å². The first kappa shape index (κ1) is 15.9. The van der Waals surface area contributed by atoms with Gasteiger partial charge >= 0.3 is 0 Å². The third kappa shape index (κ3) is 6.49. The standard InChI is InChI=1S/C14H32N2/c1-8-16(11-12(2)3)10-9-13(15-7)14(4,5)6/h12-13,15H,8-11H2,1-7H3. The summed E-state index contributed by atoms with van der Waals surface area (Å²) in [6.45, 7) is 17.4. The van der Waals surface area contributed by atoms with E-state index in [9.17, 15) is 0 Å². The van der Waals surface area contributed by atoms with Crippen LogP contribution in [-0.2, 0) is 0 Å². The molecule has 0 spiro atoms. The minimum atomic E-state index is 0.353. The summed E-state index contributed by atoms with van der Waals surface area (Å²) in [7, 11) is 2.08. The Morgan fingerprint density at radius 1 is 1.19 bits per heavy atom. The molecule has 2 heteroatoms. The predicted molar refractivity (Wildman–Crippen MR) is 73.9 cm³/mol. The van der Waals surface area contributed by atoms with Gasteiger partial charge in [0.05, 0.1) is 0 Å². The summed E-state index contributed by atoms with van der Waals surface area (Å²) in [6, 6.07) is 0.605. The van der Waals surface area contributed by atoms with Crippen LogP contribution in [0.2, 0.25) is 0 Å². The molecule has 0 aliphatic carbocycles. The molecule has 0 amide bonds. The molecule has 0 saturated heterocycles. The van der Waals surface area contributed by atoms with Crippen molar-refractivity contribution in [2.24, 2.45) is 11.3 Å². The summed E-state index contributed by atoms with van der Waals surface area (Å²) in [5.41, 5.74) is 0.353. The quantitative estimate of drug-likeness (QED) is 0.720. The molecule has 98 valence electrons. The Morgan fingerprint density at radius 2 is 1.75 bits per heavy atom. The van der Waals surface area contributed by atoms with Crippen molar-refractivity contribution in [2.45, 2.75) is 54.0 Å². The summed E-state index contributed by atoms with van der Waals surface area (Å²) in [4.78, 5) is 2.56. The van der Waals surface area contributed by atoms with Crippen molar-refractivity contribution in [1.82, 2.24) is 10.2 Å². The Bertz CT molecular complexity index is 170. The van der Waals surface area contributed by atoms with Crippen molar-refractivity contribution >= 4 is 0 Å². The van der Waals surface area contributed by atoms with Gasteiger partial charge in [-0.05, 0) is 37.9 Å². The van der Waals surface area contributed by atoms with Gasteiger partial charge in [0.25, 0.3) is 0 Å². The maximum atomic E-state index is 3.45. The fraction of sp³-hybridized carbons (Fsp3) is 1.00. The van der Waals surface area contributed by atoms with Crippen LogP contribution in [0.15, 0.2) is 0 Å². The highest BCUT2D eigenvalue weighted by atomic mass is 15.1. The Kier molecular flexibility index (Phi) is 7.25. The van der Waals surface area contributed by atoms with Crippen LogP contribution >= 0.6 is 0 Å². The lowest BCUT2D eigenvalue weighted by Gasteiger charge is -2.33. The van der Waals surface area contributed by atoms with Crippen molar-refractivity contribution in [1.29, 1.82) is 0 Å². The fourth-order valence-electron chi connectivity index (χ4n) is 2.22. The molecule has 0 rings (SSSR count). The number of nitrogens with zero attached hydrogens (tertiary/aromatic N) is 1. The van der Waals surface area contributed by atoms with Gasteiger partial charge in [0, 0.05) is 12.6 Å². The number of hydrogen-bond donors (Lipinski definition) is 1. The minimum Gasteiger partial charge on any atom is -0.316 e. The SMILES string of the molecule is CCN(CCC(NC)C(C)(C)C)CC(C)C. The van der Waals surface area contributed by atoms with E-state index in [1.807, 2.05) is 0 Å². The van der Waals surface area contributed by atoms with Gasteiger partial charge in [-0.3, -0.25) is 0 Å². The van der Waals surface area contributed by atoms with Gasteiger partial charge < -0.3 is 10.2 Å². The second kappa shape index (κ2) is 7.29. The third-order valence-corrected chi connectivity index (χ3v) is 3.20. The number of rotatable bonds is 7. The molecule has 0 bridgehead atoms. The van der Waals surface area contributed by atoms with E-state index in [0.717, 1.165) is 5.92 Å². The van der Waals surface area contributed by atoms with Crippen molar-refractivity contribution in [3.05, 3.63) is 0 Å². The second-order valence-corrected chi connectivity index (χ2v) is 6.28. The lowest BCUT2D eigenvalue weighted by atomic mass is 9.85. The largest absolute Gasteiger partial charge is 0.316 e. The Labute approximate surface area is 103 Å². The van der Waals surface area contributed by atoms with Gasteiger partial charge in [0.1, 0.15) is 0 Å². The van der Waals surface area contributed by atoms with Gasteiger partial charge in [-0.25, -0.2) is 0 Å².